The van der Waals surface area contributed by atoms with E-state index in [2.05, 4.69) is 35.9 Å². The van der Waals surface area contributed by atoms with Gasteiger partial charge >= 0.3 is 5.97 Å². The van der Waals surface area contributed by atoms with E-state index in [0.29, 0.717) is 0 Å². The van der Waals surface area contributed by atoms with Crippen molar-refractivity contribution in [3.63, 3.8) is 0 Å². The van der Waals surface area contributed by atoms with Crippen molar-refractivity contribution < 1.29 is 9.53 Å². The van der Waals surface area contributed by atoms with Crippen LogP contribution in [0.4, 0.5) is 0 Å². The minimum Gasteiger partial charge on any atom is -0.466 e. The first kappa shape index (κ1) is 14.1. The van der Waals surface area contributed by atoms with Crippen molar-refractivity contribution in [1.82, 2.24) is 0 Å². The molecule has 2 nitrogen and oxygen atoms in total. The Kier molecular flexibility index (Phi) is 4.36. The van der Waals surface area contributed by atoms with Gasteiger partial charge in [0.05, 0.1) is 7.11 Å². The number of esters is 1. The van der Waals surface area contributed by atoms with Gasteiger partial charge in [-0.25, -0.2) is 4.79 Å². The van der Waals surface area contributed by atoms with Crippen molar-refractivity contribution in [2.24, 2.45) is 0 Å². The summed E-state index contributed by atoms with van der Waals surface area (Å²) in [5.74, 6) is -0.328. The highest BCUT2D eigenvalue weighted by molar-refractivity contribution is 5.91. The lowest BCUT2D eigenvalue weighted by molar-refractivity contribution is -0.134. The average molecular weight is 266 g/mol. The minimum atomic E-state index is -0.328. The Labute approximate surface area is 119 Å². The van der Waals surface area contributed by atoms with E-state index in [1.165, 1.54) is 29.9 Å². The van der Waals surface area contributed by atoms with Gasteiger partial charge in [-0.3, -0.25) is 0 Å². The first-order valence-electron chi connectivity index (χ1n) is 6.54. The molecular formula is C18H18O2. The maximum atomic E-state index is 11.2. The molecule has 0 radical (unpaired) electrons. The summed E-state index contributed by atoms with van der Waals surface area (Å²) in [6, 6.07) is 16.5. The van der Waals surface area contributed by atoms with Gasteiger partial charge in [-0.1, -0.05) is 48.5 Å². The summed E-state index contributed by atoms with van der Waals surface area (Å²) in [6.45, 7) is 4.01. The molecule has 0 N–H and O–H groups in total. The van der Waals surface area contributed by atoms with Crippen LogP contribution in [-0.4, -0.2) is 13.1 Å². The molecule has 0 unspecified atom stereocenters. The quantitative estimate of drug-likeness (QED) is 0.613. The van der Waals surface area contributed by atoms with E-state index >= 15 is 0 Å². The summed E-state index contributed by atoms with van der Waals surface area (Å²) in [7, 11) is 1.38. The first-order chi connectivity index (χ1) is 9.61. The van der Waals surface area contributed by atoms with Crippen LogP contribution >= 0.6 is 0 Å². The van der Waals surface area contributed by atoms with E-state index in [1.54, 1.807) is 0 Å². The van der Waals surface area contributed by atoms with E-state index in [9.17, 15) is 4.79 Å². The number of allylic oxidation sites excluding steroid dienone is 1. The number of rotatable bonds is 3. The molecule has 0 aliphatic carbocycles. The predicted octanol–water partition coefficient (Wildman–Crippen LogP) is 4.24. The summed E-state index contributed by atoms with van der Waals surface area (Å²) >= 11 is 0. The Balaban J connectivity index is 2.29. The Morgan fingerprint density at radius 3 is 2.30 bits per heavy atom. The molecule has 0 saturated heterocycles. The fourth-order valence-corrected chi connectivity index (χ4v) is 2.13. The van der Waals surface area contributed by atoms with Gasteiger partial charge in [-0.05, 0) is 41.7 Å². The van der Waals surface area contributed by atoms with E-state index in [4.69, 9.17) is 0 Å². The molecule has 0 saturated carbocycles. The standard InChI is InChI=1S/C18H18O2/c1-13-6-4-5-7-17(13)16-10-8-15(9-11-16)14(2)12-18(19)20-3/h4-12H,1-3H3/b14-12+. The highest BCUT2D eigenvalue weighted by Crippen LogP contribution is 2.25. The molecule has 2 heteroatoms. The van der Waals surface area contributed by atoms with Gasteiger partial charge in [0, 0.05) is 6.08 Å². The number of hydrogen-bond donors (Lipinski definition) is 0. The van der Waals surface area contributed by atoms with E-state index in [1.807, 2.05) is 31.2 Å². The normalized spacial score (nSPS) is 11.2. The summed E-state index contributed by atoms with van der Waals surface area (Å²) in [5, 5.41) is 0. The zero-order valence-corrected chi connectivity index (χ0v) is 12.0. The summed E-state index contributed by atoms with van der Waals surface area (Å²) in [6.07, 6.45) is 1.50. The number of ether oxygens (including phenoxy) is 1. The molecule has 0 bridgehead atoms. The lowest BCUT2D eigenvalue weighted by Crippen LogP contribution is -1.95. The highest BCUT2D eigenvalue weighted by atomic mass is 16.5. The second-order valence-corrected chi connectivity index (χ2v) is 4.74. The molecule has 0 fully saturated rings. The lowest BCUT2D eigenvalue weighted by Gasteiger charge is -2.07. The van der Waals surface area contributed by atoms with Crippen molar-refractivity contribution in [2.45, 2.75) is 13.8 Å². The van der Waals surface area contributed by atoms with Gasteiger partial charge in [-0.15, -0.1) is 0 Å². The molecule has 102 valence electrons. The number of benzene rings is 2. The lowest BCUT2D eigenvalue weighted by atomic mass is 9.98. The zero-order chi connectivity index (χ0) is 14.5. The molecule has 2 aromatic rings. The van der Waals surface area contributed by atoms with Gasteiger partial charge in [0.25, 0.3) is 0 Å². The largest absolute Gasteiger partial charge is 0.466 e. The molecule has 0 aromatic heterocycles. The number of hydrogen-bond acceptors (Lipinski definition) is 2. The van der Waals surface area contributed by atoms with E-state index < -0.39 is 0 Å². The maximum absolute atomic E-state index is 11.2. The third-order valence-electron chi connectivity index (χ3n) is 3.33. The smallest absolute Gasteiger partial charge is 0.330 e. The second kappa shape index (κ2) is 6.20. The molecule has 0 aliphatic heterocycles. The van der Waals surface area contributed by atoms with E-state index in [-0.39, 0.29) is 5.97 Å². The molecule has 2 rings (SSSR count). The third kappa shape index (κ3) is 3.15. The molecule has 0 amide bonds. The summed E-state index contributed by atoms with van der Waals surface area (Å²) in [4.78, 5) is 11.2. The topological polar surface area (TPSA) is 26.3 Å². The number of carbonyl (C=O) groups is 1. The molecule has 0 aliphatic rings. The van der Waals surface area contributed by atoms with Crippen molar-refractivity contribution in [3.8, 4) is 11.1 Å². The van der Waals surface area contributed by atoms with Crippen LogP contribution in [0.15, 0.2) is 54.6 Å². The molecule has 0 spiro atoms. The van der Waals surface area contributed by atoms with Crippen LogP contribution < -0.4 is 0 Å². The Bertz CT molecular complexity index is 637. The fourth-order valence-electron chi connectivity index (χ4n) is 2.13. The summed E-state index contributed by atoms with van der Waals surface area (Å²) in [5.41, 5.74) is 5.58. The highest BCUT2D eigenvalue weighted by Gasteiger charge is 2.03. The van der Waals surface area contributed by atoms with Crippen molar-refractivity contribution >= 4 is 11.5 Å². The van der Waals surface area contributed by atoms with Gasteiger partial charge in [-0.2, -0.15) is 0 Å². The monoisotopic (exact) mass is 266 g/mol. The van der Waals surface area contributed by atoms with Crippen LogP contribution in [0.25, 0.3) is 16.7 Å². The predicted molar refractivity (Wildman–Crippen MR) is 82.3 cm³/mol. The molecular weight excluding hydrogens is 248 g/mol. The Hall–Kier alpha value is -2.35. The Morgan fingerprint density at radius 2 is 1.70 bits per heavy atom. The van der Waals surface area contributed by atoms with Crippen LogP contribution in [0.5, 0.6) is 0 Å². The fraction of sp³-hybridized carbons (Fsp3) is 0.167. The second-order valence-electron chi connectivity index (χ2n) is 4.74. The van der Waals surface area contributed by atoms with Gasteiger partial charge in [0.15, 0.2) is 0 Å². The van der Waals surface area contributed by atoms with Gasteiger partial charge < -0.3 is 4.74 Å². The summed E-state index contributed by atoms with van der Waals surface area (Å²) < 4.78 is 4.64. The number of methoxy groups -OCH3 is 1. The average Bonchev–Trinajstić information content (AvgIpc) is 2.47. The van der Waals surface area contributed by atoms with Crippen LogP contribution in [-0.2, 0) is 9.53 Å². The van der Waals surface area contributed by atoms with Crippen LogP contribution in [0, 0.1) is 6.92 Å². The third-order valence-corrected chi connectivity index (χ3v) is 3.33. The number of aryl methyl sites for hydroxylation is 1. The van der Waals surface area contributed by atoms with Crippen molar-refractivity contribution in [3.05, 3.63) is 65.7 Å². The molecule has 0 heterocycles. The maximum Gasteiger partial charge on any atom is 0.330 e. The zero-order valence-electron chi connectivity index (χ0n) is 12.0. The van der Waals surface area contributed by atoms with E-state index in [0.717, 1.165) is 11.1 Å². The van der Waals surface area contributed by atoms with Crippen molar-refractivity contribution in [1.29, 1.82) is 0 Å². The van der Waals surface area contributed by atoms with Gasteiger partial charge in [0.2, 0.25) is 0 Å². The Morgan fingerprint density at radius 1 is 1.05 bits per heavy atom. The van der Waals surface area contributed by atoms with Crippen LogP contribution in [0.3, 0.4) is 0 Å². The minimum absolute atomic E-state index is 0.328. The molecule has 2 aromatic carbocycles. The van der Waals surface area contributed by atoms with Crippen LogP contribution in [0.1, 0.15) is 18.1 Å². The first-order valence-corrected chi connectivity index (χ1v) is 6.54. The molecule has 0 atom stereocenters. The van der Waals surface area contributed by atoms with Gasteiger partial charge in [0.1, 0.15) is 0 Å². The molecule has 20 heavy (non-hydrogen) atoms. The van der Waals surface area contributed by atoms with Crippen molar-refractivity contribution in [2.75, 3.05) is 7.11 Å². The van der Waals surface area contributed by atoms with Crippen LogP contribution in [0.2, 0.25) is 0 Å². The SMILES string of the molecule is COC(=O)/C=C(\C)c1ccc(-c2ccccc2C)cc1. The number of carbonyl (C=O) groups excluding carboxylic acids is 1.